The van der Waals surface area contributed by atoms with Crippen molar-refractivity contribution < 1.29 is 13.9 Å². The van der Waals surface area contributed by atoms with Gasteiger partial charge in [-0.15, -0.1) is 10.2 Å². The molecule has 0 saturated carbocycles. The van der Waals surface area contributed by atoms with Gasteiger partial charge < -0.3 is 15.9 Å². The first-order valence-corrected chi connectivity index (χ1v) is 10.3. The highest BCUT2D eigenvalue weighted by Crippen LogP contribution is 2.22. The molecule has 0 radical (unpaired) electrons. The van der Waals surface area contributed by atoms with Gasteiger partial charge in [0, 0.05) is 6.54 Å². The minimum Gasteiger partial charge on any atom is -0.486 e. The number of nitrogens with two attached hydrogens (primary N) is 1. The zero-order valence-corrected chi connectivity index (χ0v) is 17.9. The number of thioether (sulfide) groups is 1. The van der Waals surface area contributed by atoms with Crippen molar-refractivity contribution >= 4 is 17.7 Å². The molecule has 0 aliphatic heterocycles. The van der Waals surface area contributed by atoms with Crippen LogP contribution in [-0.4, -0.2) is 26.0 Å². The lowest BCUT2D eigenvalue weighted by Gasteiger charge is -2.12. The zero-order valence-electron chi connectivity index (χ0n) is 17.1. The molecule has 0 bridgehead atoms. The molecule has 1 atom stereocenters. The summed E-state index contributed by atoms with van der Waals surface area (Å²) in [7, 11) is 0. The van der Waals surface area contributed by atoms with E-state index in [0.717, 1.165) is 22.4 Å². The number of hydrogen-bond donors (Lipinski definition) is 2. The van der Waals surface area contributed by atoms with Gasteiger partial charge in [0.25, 0.3) is 0 Å². The molecular weight excluding hydrogens is 405 g/mol. The van der Waals surface area contributed by atoms with Gasteiger partial charge in [-0.3, -0.25) is 4.79 Å². The number of aromatic nitrogens is 3. The van der Waals surface area contributed by atoms with E-state index in [1.54, 1.807) is 19.1 Å². The van der Waals surface area contributed by atoms with Crippen molar-refractivity contribution in [1.82, 2.24) is 20.2 Å². The van der Waals surface area contributed by atoms with Crippen molar-refractivity contribution in [3.63, 3.8) is 0 Å². The van der Waals surface area contributed by atoms with Gasteiger partial charge in [-0.1, -0.05) is 30.0 Å². The minimum absolute atomic E-state index is 0.165. The van der Waals surface area contributed by atoms with Gasteiger partial charge in [-0.25, -0.2) is 9.07 Å². The van der Waals surface area contributed by atoms with Crippen molar-refractivity contribution in [2.24, 2.45) is 0 Å². The van der Waals surface area contributed by atoms with E-state index in [9.17, 15) is 9.18 Å². The molecule has 0 fully saturated rings. The van der Waals surface area contributed by atoms with Crippen LogP contribution in [0.2, 0.25) is 0 Å². The van der Waals surface area contributed by atoms with E-state index >= 15 is 0 Å². The lowest BCUT2D eigenvalue weighted by Crippen LogP contribution is -2.31. The average Bonchev–Trinajstić information content (AvgIpc) is 3.04. The van der Waals surface area contributed by atoms with Crippen LogP contribution in [0.25, 0.3) is 0 Å². The van der Waals surface area contributed by atoms with E-state index in [2.05, 4.69) is 21.6 Å². The molecule has 158 valence electrons. The molecule has 9 heteroatoms. The van der Waals surface area contributed by atoms with E-state index in [1.807, 2.05) is 26.0 Å². The number of aryl methyl sites for hydroxylation is 2. The average molecular weight is 430 g/mol. The second kappa shape index (κ2) is 9.62. The Hall–Kier alpha value is -3.07. The summed E-state index contributed by atoms with van der Waals surface area (Å²) in [6.45, 7) is 6.24. The second-order valence-corrected chi connectivity index (χ2v) is 8.29. The Labute approximate surface area is 178 Å². The van der Waals surface area contributed by atoms with Crippen molar-refractivity contribution in [1.29, 1.82) is 0 Å². The first-order valence-electron chi connectivity index (χ1n) is 9.41. The van der Waals surface area contributed by atoms with Crippen molar-refractivity contribution in [3.05, 3.63) is 70.8 Å². The van der Waals surface area contributed by atoms with Gasteiger partial charge in [0.1, 0.15) is 18.2 Å². The number of benzene rings is 2. The van der Waals surface area contributed by atoms with Crippen LogP contribution in [0.5, 0.6) is 5.75 Å². The lowest BCUT2D eigenvalue weighted by atomic mass is 10.1. The Kier molecular flexibility index (Phi) is 6.94. The maximum absolute atomic E-state index is 13.0. The number of nitrogen functional groups attached to an aromatic ring is 1. The van der Waals surface area contributed by atoms with Crippen molar-refractivity contribution in [3.8, 4) is 5.75 Å². The van der Waals surface area contributed by atoms with E-state index in [1.165, 1.54) is 28.6 Å². The maximum atomic E-state index is 13.0. The van der Waals surface area contributed by atoms with Crippen molar-refractivity contribution in [2.75, 3.05) is 5.84 Å². The highest BCUT2D eigenvalue weighted by molar-refractivity contribution is 8.00. The Balaban J connectivity index is 1.54. The third kappa shape index (κ3) is 5.73. The van der Waals surface area contributed by atoms with Gasteiger partial charge in [0.05, 0.1) is 5.25 Å². The fourth-order valence-electron chi connectivity index (χ4n) is 2.80. The zero-order chi connectivity index (χ0) is 21.7. The lowest BCUT2D eigenvalue weighted by molar-refractivity contribution is -0.120. The van der Waals surface area contributed by atoms with Crippen LogP contribution in [-0.2, 0) is 17.9 Å². The smallest absolute Gasteiger partial charge is 0.233 e. The van der Waals surface area contributed by atoms with Crippen LogP contribution in [0.1, 0.15) is 29.4 Å². The number of nitrogens with zero attached hydrogens (tertiary/aromatic N) is 3. The summed E-state index contributed by atoms with van der Waals surface area (Å²) in [6, 6.07) is 11.9. The number of rotatable bonds is 8. The topological polar surface area (TPSA) is 95.1 Å². The molecule has 1 aromatic heterocycles. The van der Waals surface area contributed by atoms with Gasteiger partial charge in [-0.05, 0) is 61.7 Å². The quantitative estimate of drug-likeness (QED) is 0.422. The van der Waals surface area contributed by atoms with Gasteiger partial charge in [0.2, 0.25) is 11.1 Å². The molecule has 7 nitrogen and oxygen atoms in total. The molecule has 3 rings (SSSR count). The standard InChI is InChI=1S/C21H24FN5O2S/c1-13-8-14(2)10-18(9-13)29-12-19-25-26-21(27(19)23)30-15(3)20(28)24-11-16-4-6-17(22)7-5-16/h4-10,15H,11-12,23H2,1-3H3,(H,24,28). The number of ether oxygens (including phenoxy) is 1. The summed E-state index contributed by atoms with van der Waals surface area (Å²) in [6.07, 6.45) is 0. The number of amides is 1. The molecule has 30 heavy (non-hydrogen) atoms. The predicted molar refractivity (Wildman–Crippen MR) is 114 cm³/mol. The van der Waals surface area contributed by atoms with Crippen LogP contribution < -0.4 is 15.9 Å². The van der Waals surface area contributed by atoms with E-state index < -0.39 is 5.25 Å². The molecule has 0 aliphatic rings. The summed E-state index contributed by atoms with van der Waals surface area (Å²) in [5, 5.41) is 10.9. The van der Waals surface area contributed by atoms with Crippen LogP contribution in [0.15, 0.2) is 47.6 Å². The Morgan fingerprint density at radius 3 is 2.53 bits per heavy atom. The number of hydrogen-bond acceptors (Lipinski definition) is 6. The maximum Gasteiger partial charge on any atom is 0.233 e. The molecule has 0 aliphatic carbocycles. The highest BCUT2D eigenvalue weighted by Gasteiger charge is 2.19. The predicted octanol–water partition coefficient (Wildman–Crippen LogP) is 3.12. The molecule has 0 saturated heterocycles. The summed E-state index contributed by atoms with van der Waals surface area (Å²) in [4.78, 5) is 12.4. The summed E-state index contributed by atoms with van der Waals surface area (Å²) >= 11 is 1.20. The van der Waals surface area contributed by atoms with Crippen LogP contribution >= 0.6 is 11.8 Å². The molecule has 3 aromatic rings. The second-order valence-electron chi connectivity index (χ2n) is 6.99. The summed E-state index contributed by atoms with van der Waals surface area (Å²) in [5.74, 6) is 6.78. The van der Waals surface area contributed by atoms with E-state index in [4.69, 9.17) is 10.6 Å². The summed E-state index contributed by atoms with van der Waals surface area (Å²) < 4.78 is 20.1. The van der Waals surface area contributed by atoms with Gasteiger partial charge >= 0.3 is 0 Å². The first kappa shape index (κ1) is 21.6. The Morgan fingerprint density at radius 1 is 1.20 bits per heavy atom. The third-order valence-corrected chi connectivity index (χ3v) is 5.39. The Morgan fingerprint density at radius 2 is 1.87 bits per heavy atom. The third-order valence-electron chi connectivity index (χ3n) is 4.33. The summed E-state index contributed by atoms with van der Waals surface area (Å²) in [5.41, 5.74) is 3.03. The number of carbonyl (C=O) groups excluding carboxylic acids is 1. The molecule has 3 N–H and O–H groups in total. The largest absolute Gasteiger partial charge is 0.486 e. The monoisotopic (exact) mass is 429 g/mol. The minimum atomic E-state index is -0.440. The van der Waals surface area contributed by atoms with E-state index in [-0.39, 0.29) is 18.3 Å². The fourth-order valence-corrected chi connectivity index (χ4v) is 3.61. The number of nitrogens with one attached hydrogen (secondary N) is 1. The normalized spacial score (nSPS) is 11.9. The SMILES string of the molecule is Cc1cc(C)cc(OCc2nnc(SC(C)C(=O)NCc3ccc(F)cc3)n2N)c1. The molecule has 2 aromatic carbocycles. The van der Waals surface area contributed by atoms with Crippen molar-refractivity contribution in [2.45, 2.75) is 44.3 Å². The van der Waals surface area contributed by atoms with E-state index in [0.29, 0.717) is 17.5 Å². The van der Waals surface area contributed by atoms with Crippen LogP contribution in [0.4, 0.5) is 4.39 Å². The molecule has 1 amide bonds. The molecule has 0 spiro atoms. The van der Waals surface area contributed by atoms with Crippen LogP contribution in [0, 0.1) is 19.7 Å². The fraction of sp³-hybridized carbons (Fsp3) is 0.286. The number of carbonyl (C=O) groups is 1. The molecule has 1 unspecified atom stereocenters. The molecule has 1 heterocycles. The Bertz CT molecular complexity index is 1000. The first-order chi connectivity index (χ1) is 14.3. The van der Waals surface area contributed by atoms with Crippen LogP contribution in [0.3, 0.4) is 0 Å². The number of halogens is 1. The van der Waals surface area contributed by atoms with Gasteiger partial charge in [0.15, 0.2) is 5.82 Å². The van der Waals surface area contributed by atoms with Gasteiger partial charge in [-0.2, -0.15) is 0 Å². The highest BCUT2D eigenvalue weighted by atomic mass is 32.2. The molecular formula is C21H24FN5O2S.